The molecule has 0 saturated carbocycles. The summed E-state index contributed by atoms with van der Waals surface area (Å²) in [4.78, 5) is 10.6. The van der Waals surface area contributed by atoms with Crippen LogP contribution in [-0.4, -0.2) is 38.9 Å². The first-order valence-electron chi connectivity index (χ1n) is 7.52. The van der Waals surface area contributed by atoms with Gasteiger partial charge in [0, 0.05) is 13.1 Å². The average Bonchev–Trinajstić information content (AvgIpc) is 2.82. The van der Waals surface area contributed by atoms with E-state index in [0.717, 1.165) is 31.8 Å². The van der Waals surface area contributed by atoms with Crippen LogP contribution in [0.15, 0.2) is 29.2 Å². The molecule has 2 rings (SSSR count). The molecular weight excluding hydrogens is 318 g/mol. The molecule has 0 unspecified atom stereocenters. The summed E-state index contributed by atoms with van der Waals surface area (Å²) in [6, 6.07) is 4.55. The molecule has 0 amide bonds. The Morgan fingerprint density at radius 1 is 1.22 bits per heavy atom. The number of carboxylic acid groups (broad SMARTS) is 1. The number of carboxylic acids is 1. The normalized spacial score (nSPS) is 17.1. The molecular formula is C16H20NO5S-. The van der Waals surface area contributed by atoms with Crippen LogP contribution in [0.25, 0.3) is 6.08 Å². The van der Waals surface area contributed by atoms with Crippen LogP contribution in [0.4, 0.5) is 0 Å². The molecule has 1 aliphatic heterocycles. The zero-order chi connectivity index (χ0) is 16.9. The lowest BCUT2D eigenvalue weighted by atomic mass is 10.2. The van der Waals surface area contributed by atoms with Gasteiger partial charge in [0.25, 0.3) is 0 Å². The molecule has 126 valence electrons. The molecule has 1 saturated heterocycles. The van der Waals surface area contributed by atoms with E-state index in [1.54, 1.807) is 6.07 Å². The second kappa shape index (κ2) is 7.61. The van der Waals surface area contributed by atoms with Crippen LogP contribution >= 0.6 is 0 Å². The van der Waals surface area contributed by atoms with Gasteiger partial charge in [-0.3, -0.25) is 0 Å². The second-order valence-corrected chi connectivity index (χ2v) is 7.29. The second-order valence-electron chi connectivity index (χ2n) is 5.38. The highest BCUT2D eigenvalue weighted by atomic mass is 32.2. The van der Waals surface area contributed by atoms with Crippen molar-refractivity contribution in [1.82, 2.24) is 4.31 Å². The van der Waals surface area contributed by atoms with E-state index in [9.17, 15) is 18.3 Å². The summed E-state index contributed by atoms with van der Waals surface area (Å²) in [5.74, 6) is -1.09. The fourth-order valence-electron chi connectivity index (χ4n) is 2.58. The van der Waals surface area contributed by atoms with E-state index < -0.39 is 16.0 Å². The number of hydrogen-bond acceptors (Lipinski definition) is 5. The highest BCUT2D eigenvalue weighted by Crippen LogP contribution is 2.29. The van der Waals surface area contributed by atoms with Crippen LogP contribution in [0.5, 0.6) is 5.75 Å². The summed E-state index contributed by atoms with van der Waals surface area (Å²) in [6.45, 7) is 0.981. The van der Waals surface area contributed by atoms with Crippen LogP contribution in [0.1, 0.15) is 31.2 Å². The zero-order valence-electron chi connectivity index (χ0n) is 13.0. The van der Waals surface area contributed by atoms with Gasteiger partial charge in [0.2, 0.25) is 10.0 Å². The van der Waals surface area contributed by atoms with Gasteiger partial charge in [0.1, 0.15) is 10.6 Å². The number of benzene rings is 1. The number of carbonyl (C=O) groups excluding carboxylic acids is 1. The maximum atomic E-state index is 12.9. The Morgan fingerprint density at radius 2 is 1.87 bits per heavy atom. The molecule has 23 heavy (non-hydrogen) atoms. The number of carbonyl (C=O) groups is 1. The number of hydrogen-bond donors (Lipinski definition) is 0. The Kier molecular flexibility index (Phi) is 5.79. The quantitative estimate of drug-likeness (QED) is 0.748. The fourth-order valence-corrected chi connectivity index (χ4v) is 4.29. The maximum Gasteiger partial charge on any atom is 0.246 e. The number of aliphatic carboxylic acids is 1. The molecule has 1 aromatic carbocycles. The average molecular weight is 338 g/mol. The van der Waals surface area contributed by atoms with Crippen molar-refractivity contribution in [3.05, 3.63) is 29.8 Å². The minimum atomic E-state index is -3.68. The monoisotopic (exact) mass is 338 g/mol. The van der Waals surface area contributed by atoms with E-state index in [2.05, 4.69) is 0 Å². The molecule has 0 N–H and O–H groups in total. The Hall–Kier alpha value is -1.86. The van der Waals surface area contributed by atoms with Crippen molar-refractivity contribution in [2.75, 3.05) is 20.2 Å². The van der Waals surface area contributed by atoms with Gasteiger partial charge in [-0.25, -0.2) is 8.42 Å². The topological polar surface area (TPSA) is 86.7 Å². The van der Waals surface area contributed by atoms with Gasteiger partial charge in [-0.05, 0) is 36.6 Å². The van der Waals surface area contributed by atoms with Gasteiger partial charge in [-0.1, -0.05) is 25.0 Å². The number of ether oxygens (including phenoxy) is 1. The van der Waals surface area contributed by atoms with Crippen LogP contribution in [-0.2, 0) is 14.8 Å². The van der Waals surface area contributed by atoms with Crippen molar-refractivity contribution in [1.29, 1.82) is 0 Å². The predicted molar refractivity (Wildman–Crippen MR) is 84.3 cm³/mol. The first-order valence-corrected chi connectivity index (χ1v) is 8.96. The van der Waals surface area contributed by atoms with E-state index >= 15 is 0 Å². The number of methoxy groups -OCH3 is 1. The predicted octanol–water partition coefficient (Wildman–Crippen LogP) is 1.02. The first kappa shape index (κ1) is 17.5. The van der Waals surface area contributed by atoms with Crippen molar-refractivity contribution < 1.29 is 23.1 Å². The molecule has 0 radical (unpaired) electrons. The minimum Gasteiger partial charge on any atom is -0.545 e. The Balaban J connectivity index is 2.41. The van der Waals surface area contributed by atoms with Crippen molar-refractivity contribution >= 4 is 22.1 Å². The first-order chi connectivity index (χ1) is 10.9. The van der Waals surface area contributed by atoms with Crippen molar-refractivity contribution in [2.45, 2.75) is 30.6 Å². The Morgan fingerprint density at radius 3 is 2.43 bits per heavy atom. The molecule has 6 nitrogen and oxygen atoms in total. The fraction of sp³-hybridized carbons (Fsp3) is 0.438. The Labute approximate surface area is 136 Å². The van der Waals surface area contributed by atoms with Gasteiger partial charge >= 0.3 is 0 Å². The lowest BCUT2D eigenvalue weighted by molar-refractivity contribution is -0.297. The molecule has 0 aromatic heterocycles. The van der Waals surface area contributed by atoms with Crippen LogP contribution in [0.3, 0.4) is 0 Å². The molecule has 0 aliphatic carbocycles. The largest absolute Gasteiger partial charge is 0.545 e. The summed E-state index contributed by atoms with van der Waals surface area (Å²) >= 11 is 0. The van der Waals surface area contributed by atoms with Crippen molar-refractivity contribution in [3.63, 3.8) is 0 Å². The molecule has 1 aromatic rings. The highest BCUT2D eigenvalue weighted by molar-refractivity contribution is 7.89. The van der Waals surface area contributed by atoms with Crippen LogP contribution in [0.2, 0.25) is 0 Å². The summed E-state index contributed by atoms with van der Waals surface area (Å²) in [5.41, 5.74) is 0.461. The third-order valence-corrected chi connectivity index (χ3v) is 5.70. The molecule has 0 spiro atoms. The standard InChI is InChI=1S/C16H21NO5S/c1-22-14-8-6-13(7-9-16(18)19)12-15(14)23(20,21)17-10-4-2-3-5-11-17/h6-9,12H,2-5,10-11H2,1H3,(H,18,19)/p-1. The summed E-state index contributed by atoms with van der Waals surface area (Å²) < 4.78 is 32.5. The van der Waals surface area contributed by atoms with Crippen LogP contribution < -0.4 is 9.84 Å². The zero-order valence-corrected chi connectivity index (χ0v) is 13.8. The van der Waals surface area contributed by atoms with E-state index in [0.29, 0.717) is 18.7 Å². The van der Waals surface area contributed by atoms with Gasteiger partial charge in [0.15, 0.2) is 0 Å². The summed E-state index contributed by atoms with van der Waals surface area (Å²) in [6.07, 6.45) is 5.90. The number of nitrogens with zero attached hydrogens (tertiary/aromatic N) is 1. The van der Waals surface area contributed by atoms with Crippen molar-refractivity contribution in [2.24, 2.45) is 0 Å². The molecule has 0 bridgehead atoms. The lowest BCUT2D eigenvalue weighted by Gasteiger charge is -2.21. The van der Waals surface area contributed by atoms with E-state index in [4.69, 9.17) is 4.74 Å². The third-order valence-electron chi connectivity index (χ3n) is 3.78. The molecule has 7 heteroatoms. The number of sulfonamides is 1. The molecule has 1 fully saturated rings. The van der Waals surface area contributed by atoms with Crippen molar-refractivity contribution in [3.8, 4) is 5.75 Å². The number of rotatable bonds is 5. The minimum absolute atomic E-state index is 0.0578. The molecule has 0 atom stereocenters. The third kappa shape index (κ3) is 4.33. The van der Waals surface area contributed by atoms with E-state index in [-0.39, 0.29) is 10.6 Å². The van der Waals surface area contributed by atoms with Gasteiger partial charge in [-0.15, -0.1) is 0 Å². The SMILES string of the molecule is COc1ccc(C=CC(=O)[O-])cc1S(=O)(=O)N1CCCCCC1. The summed E-state index contributed by atoms with van der Waals surface area (Å²) in [7, 11) is -2.27. The van der Waals surface area contributed by atoms with E-state index in [1.807, 2.05) is 0 Å². The molecule has 1 heterocycles. The summed E-state index contributed by atoms with van der Waals surface area (Å²) in [5, 5.41) is 10.5. The molecule has 1 aliphatic rings. The van der Waals surface area contributed by atoms with Crippen LogP contribution in [0, 0.1) is 0 Å². The Bertz CT molecular complexity index is 688. The van der Waals surface area contributed by atoms with E-state index in [1.165, 1.54) is 29.6 Å². The van der Waals surface area contributed by atoms with Gasteiger partial charge in [0.05, 0.1) is 13.1 Å². The van der Waals surface area contributed by atoms with Gasteiger partial charge in [-0.2, -0.15) is 4.31 Å². The van der Waals surface area contributed by atoms with Gasteiger partial charge < -0.3 is 14.6 Å². The lowest BCUT2D eigenvalue weighted by Crippen LogP contribution is -2.32. The smallest absolute Gasteiger partial charge is 0.246 e. The highest BCUT2D eigenvalue weighted by Gasteiger charge is 2.28. The maximum absolute atomic E-state index is 12.9.